The molecule has 20 heavy (non-hydrogen) atoms. The smallest absolute Gasteiger partial charge is 0.132 e. The van der Waals surface area contributed by atoms with E-state index in [-0.39, 0.29) is 6.04 Å². The molecule has 4 heteroatoms. The van der Waals surface area contributed by atoms with Crippen LogP contribution in [-0.2, 0) is 0 Å². The first-order chi connectivity index (χ1) is 9.51. The molecule has 1 N–H and O–H groups in total. The van der Waals surface area contributed by atoms with E-state index in [0.717, 1.165) is 22.6 Å². The number of methoxy groups -OCH3 is 1. The average Bonchev–Trinajstić information content (AvgIpc) is 2.43. The maximum absolute atomic E-state index is 5.94. The summed E-state index contributed by atoms with van der Waals surface area (Å²) in [5, 5.41) is 3.97. The Morgan fingerprint density at radius 2 is 2.00 bits per heavy atom. The van der Waals surface area contributed by atoms with Gasteiger partial charge in [-0.25, -0.2) is 4.98 Å². The minimum absolute atomic E-state index is 0.118. The van der Waals surface area contributed by atoms with Crippen LogP contribution in [-0.4, -0.2) is 12.1 Å². The van der Waals surface area contributed by atoms with Crippen LogP contribution in [0.25, 0.3) is 0 Å². The zero-order chi connectivity index (χ0) is 14.7. The van der Waals surface area contributed by atoms with Gasteiger partial charge < -0.3 is 10.1 Å². The van der Waals surface area contributed by atoms with Crippen LogP contribution in [0, 0.1) is 13.8 Å². The fraction of sp³-hybridized carbons (Fsp3) is 0.312. The fourth-order valence-electron chi connectivity index (χ4n) is 2.16. The summed E-state index contributed by atoms with van der Waals surface area (Å²) in [6.45, 7) is 6.11. The normalized spacial score (nSPS) is 12.1. The van der Waals surface area contributed by atoms with Crippen molar-refractivity contribution >= 4 is 17.3 Å². The molecule has 1 atom stereocenters. The number of ether oxygens (including phenoxy) is 1. The van der Waals surface area contributed by atoms with E-state index in [0.29, 0.717) is 5.15 Å². The van der Waals surface area contributed by atoms with Crippen molar-refractivity contribution in [3.8, 4) is 5.75 Å². The Morgan fingerprint density at radius 1 is 1.25 bits per heavy atom. The lowest BCUT2D eigenvalue weighted by atomic mass is 10.0. The highest BCUT2D eigenvalue weighted by Gasteiger charge is 2.12. The summed E-state index contributed by atoms with van der Waals surface area (Å²) in [5.41, 5.74) is 4.24. The van der Waals surface area contributed by atoms with Gasteiger partial charge >= 0.3 is 0 Å². The Kier molecular flexibility index (Phi) is 4.50. The molecule has 0 aliphatic rings. The van der Waals surface area contributed by atoms with Gasteiger partial charge in [-0.15, -0.1) is 0 Å². The number of pyridine rings is 1. The molecular weight excluding hydrogens is 272 g/mol. The summed E-state index contributed by atoms with van der Waals surface area (Å²) >= 11 is 5.94. The van der Waals surface area contributed by atoms with E-state index in [9.17, 15) is 0 Å². The highest BCUT2D eigenvalue weighted by Crippen LogP contribution is 2.29. The SMILES string of the molecule is COc1ccc(C)cc1C(C)Nc1cnc(Cl)c(C)c1. The highest BCUT2D eigenvalue weighted by atomic mass is 35.5. The van der Waals surface area contributed by atoms with Crippen LogP contribution in [0.5, 0.6) is 5.75 Å². The number of aryl methyl sites for hydroxylation is 2. The zero-order valence-corrected chi connectivity index (χ0v) is 13.0. The van der Waals surface area contributed by atoms with E-state index < -0.39 is 0 Å². The number of benzene rings is 1. The predicted octanol–water partition coefficient (Wildman–Crippen LogP) is 4.53. The molecule has 106 valence electrons. The van der Waals surface area contributed by atoms with Crippen LogP contribution >= 0.6 is 11.6 Å². The monoisotopic (exact) mass is 290 g/mol. The summed E-state index contributed by atoms with van der Waals surface area (Å²) in [4.78, 5) is 4.16. The Balaban J connectivity index is 2.25. The van der Waals surface area contributed by atoms with Crippen molar-refractivity contribution in [1.29, 1.82) is 0 Å². The van der Waals surface area contributed by atoms with Crippen LogP contribution in [0.1, 0.15) is 29.7 Å². The average molecular weight is 291 g/mol. The van der Waals surface area contributed by atoms with Crippen molar-refractivity contribution in [2.75, 3.05) is 12.4 Å². The first-order valence-electron chi connectivity index (χ1n) is 6.54. The first-order valence-corrected chi connectivity index (χ1v) is 6.92. The van der Waals surface area contributed by atoms with E-state index in [4.69, 9.17) is 16.3 Å². The fourth-order valence-corrected chi connectivity index (χ4v) is 2.26. The Hall–Kier alpha value is -1.74. The van der Waals surface area contributed by atoms with E-state index in [1.54, 1.807) is 13.3 Å². The second kappa shape index (κ2) is 6.14. The maximum atomic E-state index is 5.94. The lowest BCUT2D eigenvalue weighted by Crippen LogP contribution is -2.09. The van der Waals surface area contributed by atoms with Gasteiger partial charge in [0, 0.05) is 5.56 Å². The van der Waals surface area contributed by atoms with Gasteiger partial charge in [0.2, 0.25) is 0 Å². The quantitative estimate of drug-likeness (QED) is 0.840. The largest absolute Gasteiger partial charge is 0.496 e. The molecule has 0 spiro atoms. The minimum atomic E-state index is 0.118. The summed E-state index contributed by atoms with van der Waals surface area (Å²) in [6.07, 6.45) is 1.74. The van der Waals surface area contributed by atoms with Crippen molar-refractivity contribution in [3.05, 3.63) is 52.3 Å². The number of hydrogen-bond donors (Lipinski definition) is 1. The van der Waals surface area contributed by atoms with Crippen LogP contribution < -0.4 is 10.1 Å². The molecule has 0 saturated heterocycles. The molecule has 0 radical (unpaired) electrons. The summed E-state index contributed by atoms with van der Waals surface area (Å²) in [6, 6.07) is 8.28. The van der Waals surface area contributed by atoms with Gasteiger partial charge in [-0.05, 0) is 38.5 Å². The first kappa shape index (κ1) is 14.7. The predicted molar refractivity (Wildman–Crippen MR) is 83.8 cm³/mol. The van der Waals surface area contributed by atoms with Crippen LogP contribution in [0.4, 0.5) is 5.69 Å². The van der Waals surface area contributed by atoms with Crippen molar-refractivity contribution < 1.29 is 4.74 Å². The molecule has 0 saturated carbocycles. The van der Waals surface area contributed by atoms with Crippen LogP contribution in [0.15, 0.2) is 30.5 Å². The number of hydrogen-bond acceptors (Lipinski definition) is 3. The molecule has 0 fully saturated rings. The molecule has 1 aromatic carbocycles. The van der Waals surface area contributed by atoms with Crippen LogP contribution in [0.2, 0.25) is 5.15 Å². The van der Waals surface area contributed by atoms with Gasteiger partial charge in [-0.1, -0.05) is 29.3 Å². The summed E-state index contributed by atoms with van der Waals surface area (Å²) in [5.74, 6) is 0.884. The third-order valence-corrected chi connectivity index (χ3v) is 3.64. The Labute approximate surface area is 124 Å². The molecule has 0 aliphatic carbocycles. The van der Waals surface area contributed by atoms with Gasteiger partial charge in [0.05, 0.1) is 25.0 Å². The lowest BCUT2D eigenvalue weighted by Gasteiger charge is -2.19. The third-order valence-electron chi connectivity index (χ3n) is 3.25. The molecule has 2 aromatic rings. The van der Waals surface area contributed by atoms with Gasteiger partial charge in [0.25, 0.3) is 0 Å². The number of halogens is 1. The number of rotatable bonds is 4. The molecular formula is C16H19ClN2O. The Bertz CT molecular complexity index is 613. The standard InChI is InChI=1S/C16H19ClN2O/c1-10-5-6-15(20-4)14(7-10)12(3)19-13-8-11(2)16(17)18-9-13/h5-9,12,19H,1-4H3. The summed E-state index contributed by atoms with van der Waals surface area (Å²) < 4.78 is 5.43. The zero-order valence-electron chi connectivity index (χ0n) is 12.2. The van der Waals surface area contributed by atoms with E-state index in [1.807, 2.05) is 25.1 Å². The maximum Gasteiger partial charge on any atom is 0.132 e. The van der Waals surface area contributed by atoms with Crippen molar-refractivity contribution in [1.82, 2.24) is 4.98 Å². The lowest BCUT2D eigenvalue weighted by molar-refractivity contribution is 0.408. The Morgan fingerprint density at radius 3 is 2.65 bits per heavy atom. The van der Waals surface area contributed by atoms with Gasteiger partial charge in [-0.3, -0.25) is 0 Å². The number of nitrogens with one attached hydrogen (secondary N) is 1. The van der Waals surface area contributed by atoms with E-state index >= 15 is 0 Å². The van der Waals surface area contributed by atoms with Crippen molar-refractivity contribution in [2.45, 2.75) is 26.8 Å². The van der Waals surface area contributed by atoms with Crippen LogP contribution in [0.3, 0.4) is 0 Å². The van der Waals surface area contributed by atoms with E-state index in [1.165, 1.54) is 5.56 Å². The molecule has 1 heterocycles. The van der Waals surface area contributed by atoms with Gasteiger partial charge in [0.15, 0.2) is 0 Å². The molecule has 0 aliphatic heterocycles. The molecule has 1 aromatic heterocycles. The molecule has 3 nitrogen and oxygen atoms in total. The highest BCUT2D eigenvalue weighted by molar-refractivity contribution is 6.30. The molecule has 0 amide bonds. The number of aromatic nitrogens is 1. The minimum Gasteiger partial charge on any atom is -0.496 e. The molecule has 1 unspecified atom stereocenters. The van der Waals surface area contributed by atoms with Gasteiger partial charge in [0.1, 0.15) is 10.9 Å². The third kappa shape index (κ3) is 3.23. The topological polar surface area (TPSA) is 34.1 Å². The molecule has 2 rings (SSSR count). The second-order valence-electron chi connectivity index (χ2n) is 4.94. The van der Waals surface area contributed by atoms with E-state index in [2.05, 4.69) is 30.2 Å². The number of nitrogens with zero attached hydrogens (tertiary/aromatic N) is 1. The summed E-state index contributed by atoms with van der Waals surface area (Å²) in [7, 11) is 1.69. The van der Waals surface area contributed by atoms with Gasteiger partial charge in [-0.2, -0.15) is 0 Å². The molecule has 0 bridgehead atoms. The van der Waals surface area contributed by atoms with Crippen molar-refractivity contribution in [2.24, 2.45) is 0 Å². The van der Waals surface area contributed by atoms with Crippen molar-refractivity contribution in [3.63, 3.8) is 0 Å². The second-order valence-corrected chi connectivity index (χ2v) is 5.30. The number of anilines is 1.